The van der Waals surface area contributed by atoms with Gasteiger partial charge in [0.15, 0.2) is 0 Å². The van der Waals surface area contributed by atoms with E-state index in [9.17, 15) is 0 Å². The number of fused-ring (bicyclic) bond motifs is 5. The molecule has 36 heavy (non-hydrogen) atoms. The minimum absolute atomic E-state index is 0.493. The summed E-state index contributed by atoms with van der Waals surface area (Å²) in [6.07, 6.45) is 19.7. The Kier molecular flexibility index (Phi) is 6.51. The molecule has 1 unspecified atom stereocenters. The van der Waals surface area contributed by atoms with Crippen LogP contribution in [0.25, 0.3) is 5.57 Å². The Hall–Kier alpha value is -2.08. The molecule has 190 valence electrons. The molecule has 0 N–H and O–H groups in total. The van der Waals surface area contributed by atoms with Crippen LogP contribution in [0.15, 0.2) is 78.4 Å². The Labute approximate surface area is 220 Å². The minimum atomic E-state index is 0.493. The highest BCUT2D eigenvalue weighted by Gasteiger charge is 2.59. The average Bonchev–Trinajstić information content (AvgIpc) is 3.27. The van der Waals surface area contributed by atoms with Gasteiger partial charge < -0.3 is 0 Å². The fraction of sp³-hybridized carbons (Fsp3) is 0.556. The molecule has 0 radical (unpaired) electrons. The third kappa shape index (κ3) is 4.04. The lowest BCUT2D eigenvalue weighted by Crippen LogP contribution is -2.52. The van der Waals surface area contributed by atoms with E-state index in [4.69, 9.17) is 0 Å². The molecular weight excluding hydrogens is 432 g/mol. The molecule has 0 heterocycles. The monoisotopic (exact) mass is 478 g/mol. The third-order valence-electron chi connectivity index (χ3n) is 11.8. The van der Waals surface area contributed by atoms with Crippen molar-refractivity contribution in [3.05, 3.63) is 89.5 Å². The van der Waals surface area contributed by atoms with Crippen molar-refractivity contribution < 1.29 is 0 Å². The van der Waals surface area contributed by atoms with Gasteiger partial charge in [0.2, 0.25) is 0 Å². The molecule has 0 spiro atoms. The number of hydrogen-bond acceptors (Lipinski definition) is 0. The normalized spacial score (nSPS) is 38.0. The van der Waals surface area contributed by atoms with Gasteiger partial charge in [0, 0.05) is 0 Å². The van der Waals surface area contributed by atoms with Crippen LogP contribution >= 0.6 is 0 Å². The molecule has 7 atom stereocenters. The second kappa shape index (κ2) is 9.66. The summed E-state index contributed by atoms with van der Waals surface area (Å²) in [5, 5.41) is 0. The summed E-state index contributed by atoms with van der Waals surface area (Å²) in [5.74, 6) is 4.69. The standard InChI is InChI=1S/C36H46/c1-26(17-19-30(27-12-6-4-7-13-27)28-14-8-5-9-15-28)32-21-22-33-31-20-18-29-16-10-11-24-35(29,2)34(31)23-25-36(32,33)3/h4-9,12-15,17,19,29,31-34H,10-11,16,18,20-25H2,1-3H3/t29?,31-,32+,33-,34-,35-,36+/m0/s1. The van der Waals surface area contributed by atoms with Gasteiger partial charge in [-0.25, -0.2) is 0 Å². The Morgan fingerprint density at radius 3 is 2.03 bits per heavy atom. The van der Waals surface area contributed by atoms with Crippen LogP contribution in [0.3, 0.4) is 0 Å². The maximum atomic E-state index is 2.72. The second-order valence-electron chi connectivity index (χ2n) is 13.3. The third-order valence-corrected chi connectivity index (χ3v) is 11.8. The van der Waals surface area contributed by atoms with Gasteiger partial charge >= 0.3 is 0 Å². The number of allylic oxidation sites excluding steroid dienone is 3. The van der Waals surface area contributed by atoms with Crippen molar-refractivity contribution in [3.8, 4) is 0 Å². The van der Waals surface area contributed by atoms with Crippen LogP contribution in [0, 0.1) is 40.4 Å². The van der Waals surface area contributed by atoms with Gasteiger partial charge in [-0.05, 0) is 115 Å². The van der Waals surface area contributed by atoms with Crippen LogP contribution in [0.2, 0.25) is 0 Å². The van der Waals surface area contributed by atoms with Gasteiger partial charge in [0.25, 0.3) is 0 Å². The second-order valence-corrected chi connectivity index (χ2v) is 13.3. The van der Waals surface area contributed by atoms with E-state index in [0.717, 1.165) is 29.6 Å². The zero-order valence-corrected chi connectivity index (χ0v) is 22.9. The fourth-order valence-corrected chi connectivity index (χ4v) is 9.97. The van der Waals surface area contributed by atoms with Crippen molar-refractivity contribution in [1.29, 1.82) is 0 Å². The Morgan fingerprint density at radius 1 is 0.667 bits per heavy atom. The highest BCUT2D eigenvalue weighted by Crippen LogP contribution is 2.68. The van der Waals surface area contributed by atoms with Crippen molar-refractivity contribution in [1.82, 2.24) is 0 Å². The highest BCUT2D eigenvalue weighted by molar-refractivity contribution is 5.80. The largest absolute Gasteiger partial charge is 0.0696 e. The topological polar surface area (TPSA) is 0 Å². The SMILES string of the molecule is CC(=CC=C(c1ccccc1)c1ccccc1)[C@H]1CC[C@H]2[C@@H]3CCC4CCCC[C@]4(C)[C@H]3CC[C@]12C. The smallest absolute Gasteiger partial charge is 0.0111 e. The van der Waals surface area contributed by atoms with E-state index in [1.165, 1.54) is 80.9 Å². The van der Waals surface area contributed by atoms with E-state index in [1.807, 2.05) is 0 Å². The molecule has 2 aromatic rings. The van der Waals surface area contributed by atoms with E-state index < -0.39 is 0 Å². The zero-order valence-electron chi connectivity index (χ0n) is 22.9. The first-order valence-electron chi connectivity index (χ1n) is 15.0. The first-order valence-corrected chi connectivity index (χ1v) is 15.0. The summed E-state index contributed by atoms with van der Waals surface area (Å²) in [6, 6.07) is 21.9. The summed E-state index contributed by atoms with van der Waals surface area (Å²) in [6.45, 7) is 7.85. The molecule has 0 aliphatic heterocycles. The van der Waals surface area contributed by atoms with Crippen LogP contribution in [-0.4, -0.2) is 0 Å². The molecule has 2 aromatic carbocycles. The lowest BCUT2D eigenvalue weighted by atomic mass is 9.44. The first-order chi connectivity index (χ1) is 17.5. The van der Waals surface area contributed by atoms with E-state index >= 15 is 0 Å². The number of rotatable bonds is 4. The maximum Gasteiger partial charge on any atom is -0.0111 e. The van der Waals surface area contributed by atoms with Gasteiger partial charge in [0.05, 0.1) is 0 Å². The minimum Gasteiger partial charge on any atom is -0.0696 e. The molecule has 0 heteroatoms. The van der Waals surface area contributed by atoms with Crippen LogP contribution in [0.1, 0.15) is 96.1 Å². The maximum absolute atomic E-state index is 2.72. The van der Waals surface area contributed by atoms with Gasteiger partial charge in [-0.3, -0.25) is 0 Å². The lowest BCUT2D eigenvalue weighted by molar-refractivity contribution is -0.108. The van der Waals surface area contributed by atoms with Gasteiger partial charge in [0.1, 0.15) is 0 Å². The van der Waals surface area contributed by atoms with Crippen molar-refractivity contribution in [2.75, 3.05) is 0 Å². The molecule has 0 aromatic heterocycles. The van der Waals surface area contributed by atoms with E-state index in [0.29, 0.717) is 10.8 Å². The highest BCUT2D eigenvalue weighted by atomic mass is 14.6. The lowest BCUT2D eigenvalue weighted by Gasteiger charge is -2.60. The molecule has 0 amide bonds. The molecular formula is C36H46. The molecule has 0 nitrogen and oxygen atoms in total. The van der Waals surface area contributed by atoms with Crippen LogP contribution in [0.5, 0.6) is 0 Å². The predicted molar refractivity (Wildman–Crippen MR) is 154 cm³/mol. The van der Waals surface area contributed by atoms with Crippen LogP contribution in [0.4, 0.5) is 0 Å². The summed E-state index contributed by atoms with van der Waals surface area (Å²) in [7, 11) is 0. The molecule has 6 rings (SSSR count). The molecule has 4 aliphatic carbocycles. The average molecular weight is 479 g/mol. The molecule has 0 saturated heterocycles. The Bertz CT molecular complexity index is 1070. The number of benzene rings is 2. The quantitative estimate of drug-likeness (QED) is 0.383. The summed E-state index contributed by atoms with van der Waals surface area (Å²) in [5.41, 5.74) is 6.70. The van der Waals surface area contributed by atoms with Crippen molar-refractivity contribution in [2.24, 2.45) is 40.4 Å². The van der Waals surface area contributed by atoms with Crippen molar-refractivity contribution in [2.45, 2.75) is 85.0 Å². The van der Waals surface area contributed by atoms with Gasteiger partial charge in [-0.15, -0.1) is 0 Å². The van der Waals surface area contributed by atoms with E-state index in [1.54, 1.807) is 5.57 Å². The van der Waals surface area contributed by atoms with Gasteiger partial charge in [-0.2, -0.15) is 0 Å². The predicted octanol–water partition coefficient (Wildman–Crippen LogP) is 10.1. The Balaban J connectivity index is 1.27. The van der Waals surface area contributed by atoms with E-state index in [-0.39, 0.29) is 0 Å². The molecule has 4 fully saturated rings. The first kappa shape index (κ1) is 24.3. The van der Waals surface area contributed by atoms with Crippen molar-refractivity contribution in [3.63, 3.8) is 0 Å². The van der Waals surface area contributed by atoms with E-state index in [2.05, 4.69) is 93.6 Å². The molecule has 4 saturated carbocycles. The molecule has 4 aliphatic rings. The summed E-state index contributed by atoms with van der Waals surface area (Å²) < 4.78 is 0. The fourth-order valence-electron chi connectivity index (χ4n) is 9.97. The Morgan fingerprint density at radius 2 is 1.33 bits per heavy atom. The van der Waals surface area contributed by atoms with Crippen LogP contribution in [-0.2, 0) is 0 Å². The number of hydrogen-bond donors (Lipinski definition) is 0. The van der Waals surface area contributed by atoms with Crippen LogP contribution < -0.4 is 0 Å². The van der Waals surface area contributed by atoms with Gasteiger partial charge in [-0.1, -0.05) is 105 Å². The molecule has 0 bridgehead atoms. The summed E-state index contributed by atoms with van der Waals surface area (Å²) in [4.78, 5) is 0. The van der Waals surface area contributed by atoms with Crippen molar-refractivity contribution >= 4 is 5.57 Å². The zero-order chi connectivity index (χ0) is 24.8. The summed E-state index contributed by atoms with van der Waals surface area (Å²) >= 11 is 0.